The maximum Gasteiger partial charge on any atom is 0.0506 e. The summed E-state index contributed by atoms with van der Waals surface area (Å²) in [4.78, 5) is 2.01. The summed E-state index contributed by atoms with van der Waals surface area (Å²) < 4.78 is 0. The van der Waals surface area contributed by atoms with Crippen LogP contribution in [0.4, 0.5) is 11.4 Å². The number of rotatable bonds is 2. The molecule has 0 saturated heterocycles. The maximum atomic E-state index is 6.30. The predicted octanol–water partition coefficient (Wildman–Crippen LogP) is 4.31. The van der Waals surface area contributed by atoms with Crippen LogP contribution in [0, 0.1) is 0 Å². The minimum Gasteiger partial charge on any atom is -0.399 e. The van der Waals surface area contributed by atoms with Gasteiger partial charge in [0.1, 0.15) is 0 Å². The third-order valence-corrected chi connectivity index (χ3v) is 3.36. The van der Waals surface area contributed by atoms with Crippen molar-refractivity contribution in [3.05, 3.63) is 46.4 Å². The van der Waals surface area contributed by atoms with E-state index in [-0.39, 0.29) is 0 Å². The van der Waals surface area contributed by atoms with Crippen LogP contribution in [0.2, 0.25) is 10.0 Å². The van der Waals surface area contributed by atoms with Crippen molar-refractivity contribution in [1.29, 1.82) is 0 Å². The summed E-state index contributed by atoms with van der Waals surface area (Å²) in [5.74, 6) is 0. The number of hydrogen-bond donors (Lipinski definition) is 1. The van der Waals surface area contributed by atoms with Gasteiger partial charge in [-0.15, -0.1) is 0 Å². The second-order valence-corrected chi connectivity index (χ2v) is 5.08. The number of benzene rings is 2. The summed E-state index contributed by atoms with van der Waals surface area (Å²) in [7, 11) is 3.95. The second-order valence-electron chi connectivity index (χ2n) is 4.27. The lowest BCUT2D eigenvalue weighted by atomic mass is 10.0. The Labute approximate surface area is 117 Å². The highest BCUT2D eigenvalue weighted by Gasteiger charge is 2.13. The van der Waals surface area contributed by atoms with Gasteiger partial charge >= 0.3 is 0 Å². The number of hydrogen-bond acceptors (Lipinski definition) is 2. The van der Waals surface area contributed by atoms with Crippen LogP contribution in [-0.4, -0.2) is 14.1 Å². The summed E-state index contributed by atoms with van der Waals surface area (Å²) >= 11 is 12.6. The van der Waals surface area contributed by atoms with Crippen molar-refractivity contribution >= 4 is 34.6 Å². The van der Waals surface area contributed by atoms with Crippen LogP contribution in [-0.2, 0) is 0 Å². The van der Waals surface area contributed by atoms with Crippen LogP contribution in [0.1, 0.15) is 0 Å². The van der Waals surface area contributed by atoms with Crippen molar-refractivity contribution in [2.24, 2.45) is 0 Å². The molecule has 94 valence electrons. The van der Waals surface area contributed by atoms with Crippen molar-refractivity contribution in [3.63, 3.8) is 0 Å². The summed E-state index contributed by atoms with van der Waals surface area (Å²) in [6, 6.07) is 11.2. The quantitative estimate of drug-likeness (QED) is 0.831. The minimum atomic E-state index is 0.603. The number of nitrogens with zero attached hydrogens (tertiary/aromatic N) is 1. The zero-order valence-electron chi connectivity index (χ0n) is 10.2. The van der Waals surface area contributed by atoms with Crippen LogP contribution in [0.3, 0.4) is 0 Å². The van der Waals surface area contributed by atoms with Gasteiger partial charge in [-0.05, 0) is 24.3 Å². The van der Waals surface area contributed by atoms with E-state index in [0.717, 1.165) is 16.8 Å². The van der Waals surface area contributed by atoms with E-state index in [2.05, 4.69) is 0 Å². The van der Waals surface area contributed by atoms with Crippen molar-refractivity contribution in [1.82, 2.24) is 0 Å². The van der Waals surface area contributed by atoms with Gasteiger partial charge in [-0.3, -0.25) is 0 Å². The van der Waals surface area contributed by atoms with Crippen LogP contribution in [0.5, 0.6) is 0 Å². The molecule has 0 amide bonds. The average molecular weight is 281 g/mol. The summed E-state index contributed by atoms with van der Waals surface area (Å²) in [6.07, 6.45) is 0. The Morgan fingerprint density at radius 1 is 1.00 bits per heavy atom. The first-order chi connectivity index (χ1) is 8.50. The van der Waals surface area contributed by atoms with Gasteiger partial charge in [0, 0.05) is 36.6 Å². The van der Waals surface area contributed by atoms with E-state index in [4.69, 9.17) is 28.9 Å². The highest BCUT2D eigenvalue weighted by Crippen LogP contribution is 2.40. The fraction of sp³-hybridized carbons (Fsp3) is 0.143. The smallest absolute Gasteiger partial charge is 0.0506 e. The molecule has 18 heavy (non-hydrogen) atoms. The molecule has 2 N–H and O–H groups in total. The van der Waals surface area contributed by atoms with Gasteiger partial charge < -0.3 is 10.6 Å². The molecule has 0 spiro atoms. The fourth-order valence-corrected chi connectivity index (χ4v) is 2.44. The molecule has 0 atom stereocenters. The molecule has 2 rings (SSSR count). The lowest BCUT2D eigenvalue weighted by Crippen LogP contribution is -2.10. The monoisotopic (exact) mass is 280 g/mol. The molecule has 0 fully saturated rings. The second kappa shape index (κ2) is 5.09. The van der Waals surface area contributed by atoms with E-state index in [1.807, 2.05) is 49.3 Å². The SMILES string of the molecule is CN(C)c1cccc(Cl)c1-c1ccc(N)cc1Cl. The van der Waals surface area contributed by atoms with Crippen LogP contribution in [0.15, 0.2) is 36.4 Å². The molecule has 4 heteroatoms. The molecule has 0 aliphatic carbocycles. The Morgan fingerprint density at radius 3 is 2.33 bits per heavy atom. The molecule has 0 saturated carbocycles. The molecule has 0 bridgehead atoms. The molecule has 0 heterocycles. The lowest BCUT2D eigenvalue weighted by molar-refractivity contribution is 1.13. The van der Waals surface area contributed by atoms with Crippen molar-refractivity contribution < 1.29 is 0 Å². The Hall–Kier alpha value is -1.38. The summed E-state index contributed by atoms with van der Waals surface area (Å²) in [5, 5.41) is 1.28. The zero-order valence-corrected chi connectivity index (χ0v) is 11.8. The predicted molar refractivity (Wildman–Crippen MR) is 80.6 cm³/mol. The van der Waals surface area contributed by atoms with E-state index in [9.17, 15) is 0 Å². The van der Waals surface area contributed by atoms with Crippen LogP contribution >= 0.6 is 23.2 Å². The fourth-order valence-electron chi connectivity index (χ4n) is 1.89. The molecule has 0 radical (unpaired) electrons. The van der Waals surface area contributed by atoms with E-state index in [1.165, 1.54) is 0 Å². The number of halogens is 2. The molecule has 2 aromatic carbocycles. The Kier molecular flexibility index (Phi) is 3.69. The van der Waals surface area contributed by atoms with Crippen LogP contribution < -0.4 is 10.6 Å². The first-order valence-corrected chi connectivity index (χ1v) is 6.27. The van der Waals surface area contributed by atoms with Gasteiger partial charge in [0.2, 0.25) is 0 Å². The van der Waals surface area contributed by atoms with Gasteiger partial charge in [0.25, 0.3) is 0 Å². The molecule has 0 aliphatic rings. The standard InChI is InChI=1S/C14H14Cl2N2/c1-18(2)13-5-3-4-11(15)14(13)10-7-6-9(17)8-12(10)16/h3-8H,17H2,1-2H3. The van der Waals surface area contributed by atoms with Crippen molar-refractivity contribution in [2.75, 3.05) is 24.7 Å². The molecule has 0 aromatic heterocycles. The normalized spacial score (nSPS) is 10.4. The van der Waals surface area contributed by atoms with Crippen molar-refractivity contribution in [3.8, 4) is 11.1 Å². The molecule has 0 unspecified atom stereocenters. The summed E-state index contributed by atoms with van der Waals surface area (Å²) in [5.41, 5.74) is 9.19. The third-order valence-electron chi connectivity index (χ3n) is 2.74. The molecular formula is C14H14Cl2N2. The highest BCUT2D eigenvalue weighted by atomic mass is 35.5. The molecule has 0 aliphatic heterocycles. The zero-order chi connectivity index (χ0) is 13.3. The van der Waals surface area contributed by atoms with E-state index in [0.29, 0.717) is 15.7 Å². The molecule has 2 nitrogen and oxygen atoms in total. The molecular weight excluding hydrogens is 267 g/mol. The lowest BCUT2D eigenvalue weighted by Gasteiger charge is -2.19. The van der Waals surface area contributed by atoms with Gasteiger partial charge in [-0.1, -0.05) is 35.3 Å². The van der Waals surface area contributed by atoms with E-state index >= 15 is 0 Å². The van der Waals surface area contributed by atoms with Crippen molar-refractivity contribution in [2.45, 2.75) is 0 Å². The van der Waals surface area contributed by atoms with Crippen LogP contribution in [0.25, 0.3) is 11.1 Å². The number of nitrogens with two attached hydrogens (primary N) is 1. The van der Waals surface area contributed by atoms with Gasteiger partial charge in [-0.25, -0.2) is 0 Å². The minimum absolute atomic E-state index is 0.603. The Bertz CT molecular complexity index is 580. The third kappa shape index (κ3) is 2.40. The first-order valence-electron chi connectivity index (χ1n) is 5.52. The average Bonchev–Trinajstić information content (AvgIpc) is 2.29. The van der Waals surface area contributed by atoms with Gasteiger partial charge in [0.15, 0.2) is 0 Å². The highest BCUT2D eigenvalue weighted by molar-refractivity contribution is 6.37. The van der Waals surface area contributed by atoms with Gasteiger partial charge in [-0.2, -0.15) is 0 Å². The number of nitrogen functional groups attached to an aromatic ring is 1. The molecule has 2 aromatic rings. The van der Waals surface area contributed by atoms with E-state index < -0.39 is 0 Å². The largest absolute Gasteiger partial charge is 0.399 e. The van der Waals surface area contributed by atoms with E-state index in [1.54, 1.807) is 6.07 Å². The topological polar surface area (TPSA) is 29.3 Å². The maximum absolute atomic E-state index is 6.30. The Morgan fingerprint density at radius 2 is 1.72 bits per heavy atom. The number of anilines is 2. The first kappa shape index (κ1) is 13.1. The summed E-state index contributed by atoms with van der Waals surface area (Å²) in [6.45, 7) is 0. The Balaban J connectivity index is 2.70. The van der Waals surface area contributed by atoms with Gasteiger partial charge in [0.05, 0.1) is 10.0 Å².